The highest BCUT2D eigenvalue weighted by Gasteiger charge is 2.24. The van der Waals surface area contributed by atoms with E-state index in [9.17, 15) is 0 Å². The summed E-state index contributed by atoms with van der Waals surface area (Å²) in [6, 6.07) is 7.53. The summed E-state index contributed by atoms with van der Waals surface area (Å²) in [5.41, 5.74) is 0.124. The van der Waals surface area contributed by atoms with Crippen LogP contribution in [-0.4, -0.2) is 20.3 Å². The van der Waals surface area contributed by atoms with Gasteiger partial charge in [0.2, 0.25) is 0 Å². The molecule has 1 heterocycles. The minimum Gasteiger partial charge on any atom is -0.497 e. The van der Waals surface area contributed by atoms with Crippen molar-refractivity contribution >= 4 is 0 Å². The molecule has 1 aromatic carbocycles. The third kappa shape index (κ3) is 3.16. The standard InChI is InChI=1S/C14H18O3/c1-14(2)8-13(17-10-14)9-16-12-6-4-11(15-3)5-7-12/h4-8H,9-10H2,1-3H3. The Balaban J connectivity index is 1.90. The Labute approximate surface area is 102 Å². The molecule has 2 rings (SSSR count). The third-order valence-electron chi connectivity index (χ3n) is 2.62. The summed E-state index contributed by atoms with van der Waals surface area (Å²) in [5, 5.41) is 0. The van der Waals surface area contributed by atoms with E-state index in [2.05, 4.69) is 19.9 Å². The van der Waals surface area contributed by atoms with Crippen LogP contribution in [0.1, 0.15) is 13.8 Å². The van der Waals surface area contributed by atoms with Crippen LogP contribution in [0, 0.1) is 5.41 Å². The smallest absolute Gasteiger partial charge is 0.145 e. The van der Waals surface area contributed by atoms with Crippen LogP contribution in [0.2, 0.25) is 0 Å². The fourth-order valence-electron chi connectivity index (χ4n) is 1.71. The Morgan fingerprint density at radius 3 is 2.35 bits per heavy atom. The quantitative estimate of drug-likeness (QED) is 0.801. The first kappa shape index (κ1) is 11.8. The van der Waals surface area contributed by atoms with E-state index in [0.717, 1.165) is 23.9 Å². The number of ether oxygens (including phenoxy) is 3. The lowest BCUT2D eigenvalue weighted by molar-refractivity contribution is 0.158. The van der Waals surface area contributed by atoms with Gasteiger partial charge in [0.1, 0.15) is 23.9 Å². The van der Waals surface area contributed by atoms with Crippen molar-refractivity contribution in [1.29, 1.82) is 0 Å². The van der Waals surface area contributed by atoms with Crippen molar-refractivity contribution in [2.45, 2.75) is 13.8 Å². The molecule has 1 aromatic rings. The van der Waals surface area contributed by atoms with Gasteiger partial charge in [0.05, 0.1) is 13.7 Å². The van der Waals surface area contributed by atoms with Gasteiger partial charge in [-0.25, -0.2) is 0 Å². The summed E-state index contributed by atoms with van der Waals surface area (Å²) in [4.78, 5) is 0. The van der Waals surface area contributed by atoms with Gasteiger partial charge in [-0.2, -0.15) is 0 Å². The normalized spacial score (nSPS) is 17.2. The summed E-state index contributed by atoms with van der Waals surface area (Å²) >= 11 is 0. The van der Waals surface area contributed by atoms with Gasteiger partial charge in [-0.15, -0.1) is 0 Å². The molecule has 0 atom stereocenters. The summed E-state index contributed by atoms with van der Waals surface area (Å²) in [5.74, 6) is 2.56. The van der Waals surface area contributed by atoms with Gasteiger partial charge in [0.25, 0.3) is 0 Å². The molecule has 0 unspecified atom stereocenters. The molecule has 0 saturated heterocycles. The third-order valence-corrected chi connectivity index (χ3v) is 2.62. The molecule has 0 radical (unpaired) electrons. The fraction of sp³-hybridized carbons (Fsp3) is 0.429. The molecular formula is C14H18O3. The maximum Gasteiger partial charge on any atom is 0.145 e. The lowest BCUT2D eigenvalue weighted by Crippen LogP contribution is -2.08. The summed E-state index contributed by atoms with van der Waals surface area (Å²) in [6.45, 7) is 5.50. The Hall–Kier alpha value is -1.64. The number of benzene rings is 1. The first-order valence-corrected chi connectivity index (χ1v) is 5.70. The molecule has 0 saturated carbocycles. The summed E-state index contributed by atoms with van der Waals surface area (Å²) in [7, 11) is 1.65. The van der Waals surface area contributed by atoms with E-state index in [-0.39, 0.29) is 5.41 Å². The second-order valence-corrected chi connectivity index (χ2v) is 4.85. The van der Waals surface area contributed by atoms with Crippen LogP contribution >= 0.6 is 0 Å². The van der Waals surface area contributed by atoms with E-state index in [0.29, 0.717) is 6.61 Å². The average molecular weight is 234 g/mol. The number of hydrogen-bond acceptors (Lipinski definition) is 3. The zero-order chi connectivity index (χ0) is 12.3. The van der Waals surface area contributed by atoms with Crippen LogP contribution in [0.15, 0.2) is 36.1 Å². The molecule has 0 spiro atoms. The summed E-state index contributed by atoms with van der Waals surface area (Å²) < 4.78 is 16.3. The average Bonchev–Trinajstić information content (AvgIpc) is 2.67. The van der Waals surface area contributed by atoms with Crippen LogP contribution in [0.3, 0.4) is 0 Å². The number of hydrogen-bond donors (Lipinski definition) is 0. The molecule has 1 aliphatic heterocycles. The second kappa shape index (κ2) is 4.70. The second-order valence-electron chi connectivity index (χ2n) is 4.85. The van der Waals surface area contributed by atoms with Gasteiger partial charge >= 0.3 is 0 Å². The molecule has 0 bridgehead atoms. The molecule has 17 heavy (non-hydrogen) atoms. The predicted octanol–water partition coefficient (Wildman–Crippen LogP) is 3.01. The molecule has 0 aliphatic carbocycles. The Morgan fingerprint density at radius 2 is 1.82 bits per heavy atom. The molecule has 0 amide bonds. The minimum atomic E-state index is 0.124. The SMILES string of the molecule is COc1ccc(OCC2=CC(C)(C)CO2)cc1. The Bertz CT molecular complexity index is 404. The van der Waals surface area contributed by atoms with E-state index in [4.69, 9.17) is 14.2 Å². The maximum atomic E-state index is 5.63. The lowest BCUT2D eigenvalue weighted by atomic mass is 9.96. The Kier molecular flexibility index (Phi) is 3.27. The van der Waals surface area contributed by atoms with Crippen LogP contribution in [0.5, 0.6) is 11.5 Å². The van der Waals surface area contributed by atoms with Crippen molar-refractivity contribution in [3.05, 3.63) is 36.1 Å². The molecule has 0 aromatic heterocycles. The largest absolute Gasteiger partial charge is 0.497 e. The summed E-state index contributed by atoms with van der Waals surface area (Å²) in [6.07, 6.45) is 2.12. The van der Waals surface area contributed by atoms with E-state index in [1.807, 2.05) is 24.3 Å². The highest BCUT2D eigenvalue weighted by molar-refractivity contribution is 5.31. The molecule has 3 nitrogen and oxygen atoms in total. The highest BCUT2D eigenvalue weighted by atomic mass is 16.5. The maximum absolute atomic E-state index is 5.63. The lowest BCUT2D eigenvalue weighted by Gasteiger charge is -2.10. The van der Waals surface area contributed by atoms with Crippen LogP contribution in [-0.2, 0) is 4.74 Å². The van der Waals surface area contributed by atoms with Crippen LogP contribution in [0.4, 0.5) is 0 Å². The molecule has 0 N–H and O–H groups in total. The van der Waals surface area contributed by atoms with Crippen molar-refractivity contribution in [2.75, 3.05) is 20.3 Å². The van der Waals surface area contributed by atoms with E-state index < -0.39 is 0 Å². The fourth-order valence-corrected chi connectivity index (χ4v) is 1.71. The first-order chi connectivity index (χ1) is 8.09. The minimum absolute atomic E-state index is 0.124. The van der Waals surface area contributed by atoms with Crippen LogP contribution < -0.4 is 9.47 Å². The van der Waals surface area contributed by atoms with E-state index in [1.165, 1.54) is 0 Å². The molecule has 92 valence electrons. The van der Waals surface area contributed by atoms with Gasteiger partial charge < -0.3 is 14.2 Å². The number of rotatable bonds is 4. The molecule has 0 fully saturated rings. The van der Waals surface area contributed by atoms with E-state index >= 15 is 0 Å². The Morgan fingerprint density at radius 1 is 1.18 bits per heavy atom. The molecule has 3 heteroatoms. The van der Waals surface area contributed by atoms with E-state index in [1.54, 1.807) is 7.11 Å². The monoisotopic (exact) mass is 234 g/mol. The zero-order valence-electron chi connectivity index (χ0n) is 10.5. The molecule has 1 aliphatic rings. The van der Waals surface area contributed by atoms with Crippen molar-refractivity contribution in [2.24, 2.45) is 5.41 Å². The van der Waals surface area contributed by atoms with Gasteiger partial charge in [-0.05, 0) is 30.3 Å². The van der Waals surface area contributed by atoms with Gasteiger partial charge in [-0.3, -0.25) is 0 Å². The van der Waals surface area contributed by atoms with Gasteiger partial charge in [0, 0.05) is 5.41 Å². The zero-order valence-corrected chi connectivity index (χ0v) is 10.5. The first-order valence-electron chi connectivity index (χ1n) is 5.70. The van der Waals surface area contributed by atoms with Crippen molar-refractivity contribution in [3.8, 4) is 11.5 Å². The van der Waals surface area contributed by atoms with Crippen LogP contribution in [0.25, 0.3) is 0 Å². The molecular weight excluding hydrogens is 216 g/mol. The van der Waals surface area contributed by atoms with Gasteiger partial charge in [0.15, 0.2) is 0 Å². The highest BCUT2D eigenvalue weighted by Crippen LogP contribution is 2.28. The van der Waals surface area contributed by atoms with Crippen molar-refractivity contribution in [3.63, 3.8) is 0 Å². The van der Waals surface area contributed by atoms with Gasteiger partial charge in [-0.1, -0.05) is 13.8 Å². The number of methoxy groups -OCH3 is 1. The predicted molar refractivity (Wildman–Crippen MR) is 66.3 cm³/mol. The van der Waals surface area contributed by atoms with Crippen molar-refractivity contribution < 1.29 is 14.2 Å². The topological polar surface area (TPSA) is 27.7 Å². The van der Waals surface area contributed by atoms with Crippen molar-refractivity contribution in [1.82, 2.24) is 0 Å².